The molecule has 0 aliphatic heterocycles. The number of benzene rings is 1. The Hall–Kier alpha value is -1.97. The van der Waals surface area contributed by atoms with E-state index >= 15 is 0 Å². The molecular weight excluding hydrogens is 204 g/mol. The van der Waals surface area contributed by atoms with Crippen LogP contribution >= 0.6 is 0 Å². The van der Waals surface area contributed by atoms with Crippen LogP contribution in [0, 0.1) is 6.92 Å². The summed E-state index contributed by atoms with van der Waals surface area (Å²) in [5, 5.41) is 6.44. The highest BCUT2D eigenvalue weighted by atomic mass is 16.5. The van der Waals surface area contributed by atoms with Crippen molar-refractivity contribution in [1.29, 1.82) is 0 Å². The van der Waals surface area contributed by atoms with Crippen LogP contribution in [0.4, 0.5) is 0 Å². The standard InChI is InChI=1S/C12H12N2O2/c1-7-11-9(14(2)13-7)6-10-8(4-5-16-10)12(11)15-3/h4-6H,1-3H3. The van der Waals surface area contributed by atoms with Gasteiger partial charge in [0.2, 0.25) is 0 Å². The van der Waals surface area contributed by atoms with Crippen LogP contribution < -0.4 is 4.74 Å². The Morgan fingerprint density at radius 2 is 2.25 bits per heavy atom. The number of nitrogens with zero attached hydrogens (tertiary/aromatic N) is 2. The largest absolute Gasteiger partial charge is 0.495 e. The van der Waals surface area contributed by atoms with E-state index in [9.17, 15) is 0 Å². The Morgan fingerprint density at radius 3 is 3.00 bits per heavy atom. The summed E-state index contributed by atoms with van der Waals surface area (Å²) in [6.07, 6.45) is 1.68. The maximum atomic E-state index is 5.48. The first kappa shape index (κ1) is 9.27. The molecule has 0 spiro atoms. The SMILES string of the molecule is COc1c2ccoc2cc2c1c(C)nn2C. The van der Waals surface area contributed by atoms with Gasteiger partial charge in [-0.3, -0.25) is 4.68 Å². The fraction of sp³-hybridized carbons (Fsp3) is 0.250. The molecule has 3 aromatic rings. The van der Waals surface area contributed by atoms with Crippen LogP contribution in [-0.2, 0) is 7.05 Å². The first-order chi connectivity index (χ1) is 7.72. The van der Waals surface area contributed by atoms with Crippen molar-refractivity contribution in [2.24, 2.45) is 7.05 Å². The summed E-state index contributed by atoms with van der Waals surface area (Å²) in [5.41, 5.74) is 2.82. The van der Waals surface area contributed by atoms with Gasteiger partial charge in [0, 0.05) is 13.1 Å². The molecule has 1 aromatic carbocycles. The molecule has 2 heterocycles. The quantitative estimate of drug-likeness (QED) is 0.627. The number of aryl methyl sites for hydroxylation is 2. The van der Waals surface area contributed by atoms with Gasteiger partial charge in [-0.1, -0.05) is 0 Å². The number of ether oxygens (including phenoxy) is 1. The van der Waals surface area contributed by atoms with Crippen LogP contribution in [0.5, 0.6) is 5.75 Å². The third kappa shape index (κ3) is 1.01. The molecule has 16 heavy (non-hydrogen) atoms. The molecule has 0 aliphatic carbocycles. The summed E-state index contributed by atoms with van der Waals surface area (Å²) in [7, 11) is 3.59. The van der Waals surface area contributed by atoms with Gasteiger partial charge in [0.1, 0.15) is 11.3 Å². The Kier molecular flexibility index (Phi) is 1.74. The van der Waals surface area contributed by atoms with Crippen LogP contribution in [0.1, 0.15) is 5.69 Å². The van der Waals surface area contributed by atoms with Crippen molar-refractivity contribution in [3.05, 3.63) is 24.1 Å². The van der Waals surface area contributed by atoms with Crippen LogP contribution in [-0.4, -0.2) is 16.9 Å². The Labute approximate surface area is 92.4 Å². The topological polar surface area (TPSA) is 40.2 Å². The predicted octanol–water partition coefficient (Wildman–Crippen LogP) is 2.64. The van der Waals surface area contributed by atoms with E-state index in [2.05, 4.69) is 5.10 Å². The zero-order valence-corrected chi connectivity index (χ0v) is 9.44. The van der Waals surface area contributed by atoms with E-state index in [0.717, 1.165) is 33.3 Å². The number of furan rings is 1. The number of rotatable bonds is 1. The summed E-state index contributed by atoms with van der Waals surface area (Å²) < 4.78 is 12.7. The van der Waals surface area contributed by atoms with Gasteiger partial charge in [-0.15, -0.1) is 0 Å². The summed E-state index contributed by atoms with van der Waals surface area (Å²) in [6.45, 7) is 1.98. The van der Waals surface area contributed by atoms with Crippen LogP contribution in [0.3, 0.4) is 0 Å². The molecule has 0 aliphatic rings. The van der Waals surface area contributed by atoms with Crippen molar-refractivity contribution in [2.45, 2.75) is 6.92 Å². The van der Waals surface area contributed by atoms with Crippen LogP contribution in [0.25, 0.3) is 21.9 Å². The normalized spacial score (nSPS) is 11.4. The van der Waals surface area contributed by atoms with E-state index in [-0.39, 0.29) is 0 Å². The average molecular weight is 216 g/mol. The predicted molar refractivity (Wildman–Crippen MR) is 61.8 cm³/mol. The molecule has 2 aromatic heterocycles. The monoisotopic (exact) mass is 216 g/mol. The summed E-state index contributed by atoms with van der Waals surface area (Å²) >= 11 is 0. The third-order valence-corrected chi connectivity index (χ3v) is 2.91. The summed E-state index contributed by atoms with van der Waals surface area (Å²) in [4.78, 5) is 0. The highest BCUT2D eigenvalue weighted by Gasteiger charge is 2.15. The second-order valence-electron chi connectivity index (χ2n) is 3.85. The van der Waals surface area contributed by atoms with Crippen molar-refractivity contribution >= 4 is 21.9 Å². The summed E-state index contributed by atoms with van der Waals surface area (Å²) in [6, 6.07) is 3.91. The van der Waals surface area contributed by atoms with Crippen molar-refractivity contribution in [3.63, 3.8) is 0 Å². The van der Waals surface area contributed by atoms with Gasteiger partial charge >= 0.3 is 0 Å². The average Bonchev–Trinajstić information content (AvgIpc) is 2.82. The van der Waals surface area contributed by atoms with Gasteiger partial charge in [0.05, 0.1) is 35.4 Å². The number of aromatic nitrogens is 2. The number of fused-ring (bicyclic) bond motifs is 2. The van der Waals surface area contributed by atoms with E-state index in [1.807, 2.05) is 30.8 Å². The molecule has 0 saturated heterocycles. The minimum atomic E-state index is 0.826. The van der Waals surface area contributed by atoms with E-state index in [1.165, 1.54) is 0 Å². The molecular formula is C12H12N2O2. The van der Waals surface area contributed by atoms with Gasteiger partial charge in [-0.25, -0.2) is 0 Å². The second-order valence-corrected chi connectivity index (χ2v) is 3.85. The molecule has 82 valence electrons. The van der Waals surface area contributed by atoms with Crippen molar-refractivity contribution in [2.75, 3.05) is 7.11 Å². The van der Waals surface area contributed by atoms with Crippen molar-refractivity contribution in [3.8, 4) is 5.75 Å². The zero-order valence-electron chi connectivity index (χ0n) is 9.44. The molecule has 0 bridgehead atoms. The molecule has 0 fully saturated rings. The molecule has 0 amide bonds. The number of methoxy groups -OCH3 is 1. The van der Waals surface area contributed by atoms with Crippen LogP contribution in [0.15, 0.2) is 22.8 Å². The molecule has 0 radical (unpaired) electrons. The zero-order chi connectivity index (χ0) is 11.3. The lowest BCUT2D eigenvalue weighted by molar-refractivity contribution is 0.424. The van der Waals surface area contributed by atoms with E-state index < -0.39 is 0 Å². The Bertz CT molecular complexity index is 679. The summed E-state index contributed by atoms with van der Waals surface area (Å²) in [5.74, 6) is 0.840. The minimum absolute atomic E-state index is 0.826. The van der Waals surface area contributed by atoms with E-state index in [0.29, 0.717) is 0 Å². The second kappa shape index (κ2) is 3.01. The van der Waals surface area contributed by atoms with Gasteiger partial charge < -0.3 is 9.15 Å². The fourth-order valence-electron chi connectivity index (χ4n) is 2.21. The highest BCUT2D eigenvalue weighted by Crippen LogP contribution is 2.36. The Balaban J connectivity index is 2.61. The molecule has 4 nitrogen and oxygen atoms in total. The van der Waals surface area contributed by atoms with Crippen LogP contribution in [0.2, 0.25) is 0 Å². The highest BCUT2D eigenvalue weighted by molar-refractivity contribution is 6.03. The minimum Gasteiger partial charge on any atom is -0.495 e. The van der Waals surface area contributed by atoms with Gasteiger partial charge in [-0.2, -0.15) is 5.10 Å². The maximum Gasteiger partial charge on any atom is 0.141 e. The number of hydrogen-bond acceptors (Lipinski definition) is 3. The molecule has 3 rings (SSSR count). The molecule has 4 heteroatoms. The lowest BCUT2D eigenvalue weighted by Crippen LogP contribution is -1.89. The van der Waals surface area contributed by atoms with Gasteiger partial charge in [0.15, 0.2) is 0 Å². The third-order valence-electron chi connectivity index (χ3n) is 2.91. The Morgan fingerprint density at radius 1 is 1.44 bits per heavy atom. The lowest BCUT2D eigenvalue weighted by atomic mass is 10.1. The molecule has 0 saturated carbocycles. The van der Waals surface area contributed by atoms with E-state index in [4.69, 9.17) is 9.15 Å². The maximum absolute atomic E-state index is 5.48. The smallest absolute Gasteiger partial charge is 0.141 e. The van der Waals surface area contributed by atoms with Gasteiger partial charge in [-0.05, 0) is 13.0 Å². The first-order valence-corrected chi connectivity index (χ1v) is 5.10. The molecule has 0 atom stereocenters. The lowest BCUT2D eigenvalue weighted by Gasteiger charge is -2.04. The number of hydrogen-bond donors (Lipinski definition) is 0. The fourth-order valence-corrected chi connectivity index (χ4v) is 2.21. The van der Waals surface area contributed by atoms with Crippen molar-refractivity contribution < 1.29 is 9.15 Å². The molecule has 0 unspecified atom stereocenters. The van der Waals surface area contributed by atoms with Crippen molar-refractivity contribution in [1.82, 2.24) is 9.78 Å². The molecule has 0 N–H and O–H groups in total. The first-order valence-electron chi connectivity index (χ1n) is 5.10. The van der Waals surface area contributed by atoms with Gasteiger partial charge in [0.25, 0.3) is 0 Å². The van der Waals surface area contributed by atoms with E-state index in [1.54, 1.807) is 13.4 Å².